The van der Waals surface area contributed by atoms with Gasteiger partial charge in [0.2, 0.25) is 0 Å². The summed E-state index contributed by atoms with van der Waals surface area (Å²) in [4.78, 5) is 11.3. The summed E-state index contributed by atoms with van der Waals surface area (Å²) in [6.45, 7) is 8.04. The van der Waals surface area contributed by atoms with Crippen LogP contribution in [0.5, 0.6) is 5.75 Å². The topological polar surface area (TPSA) is 48.7 Å². The summed E-state index contributed by atoms with van der Waals surface area (Å²) in [7, 11) is 1.74. The van der Waals surface area contributed by atoms with Crippen molar-refractivity contribution in [1.82, 2.24) is 0 Å². The predicted molar refractivity (Wildman–Crippen MR) is 167 cm³/mol. The van der Waals surface area contributed by atoms with Gasteiger partial charge in [0.15, 0.2) is 0 Å². The lowest BCUT2D eigenvalue weighted by Crippen LogP contribution is -2.05. The van der Waals surface area contributed by atoms with Gasteiger partial charge in [-0.2, -0.15) is 0 Å². The van der Waals surface area contributed by atoms with Crippen LogP contribution in [-0.2, 0) is 22.4 Å². The quantitative estimate of drug-likeness (QED) is 0.0803. The number of hydrogen-bond acceptors (Lipinski definition) is 4. The minimum Gasteiger partial charge on any atom is -0.496 e. The maximum Gasteiger partial charge on any atom is 0.333 e. The summed E-state index contributed by atoms with van der Waals surface area (Å²) in [6, 6.07) is 15.3. The van der Waals surface area contributed by atoms with E-state index < -0.39 is 0 Å². The highest BCUT2D eigenvalue weighted by Gasteiger charge is 2.13. The van der Waals surface area contributed by atoms with E-state index in [0.717, 1.165) is 53.7 Å². The third-order valence-electron chi connectivity index (χ3n) is 7.63. The number of carbonyl (C=O) groups excluding carboxylic acids is 1. The van der Waals surface area contributed by atoms with Gasteiger partial charge in [-0.3, -0.25) is 0 Å². The Bertz CT molecular complexity index is 1190. The van der Waals surface area contributed by atoms with Gasteiger partial charge in [-0.05, 0) is 74.4 Å². The molecular weight excluding hydrogens is 496 g/mol. The van der Waals surface area contributed by atoms with Crippen LogP contribution in [0.3, 0.4) is 0 Å². The number of ether oxygens (including phenoxy) is 2. The molecule has 0 aliphatic carbocycles. The van der Waals surface area contributed by atoms with E-state index in [-0.39, 0.29) is 5.97 Å². The molecule has 0 fully saturated rings. The number of benzene rings is 2. The monoisotopic (exact) mass is 546 g/mol. The molecule has 0 amide bonds. The first-order valence-electron chi connectivity index (χ1n) is 15.5. The van der Waals surface area contributed by atoms with Crippen LogP contribution in [0, 0.1) is 0 Å². The van der Waals surface area contributed by atoms with Gasteiger partial charge in [0.25, 0.3) is 0 Å². The lowest BCUT2D eigenvalue weighted by molar-refractivity contribution is -0.139. The second-order valence-electron chi connectivity index (χ2n) is 11.2. The SMILES string of the molecule is C=C(C)C(=O)OCCCCCCCCCCCCc1ccc2cc(-c3ccc(CCCCC)cc3OC)oc2c1. The summed E-state index contributed by atoms with van der Waals surface area (Å²) in [5, 5.41) is 1.14. The van der Waals surface area contributed by atoms with Crippen LogP contribution < -0.4 is 4.74 Å². The van der Waals surface area contributed by atoms with E-state index in [2.05, 4.69) is 56.0 Å². The molecule has 1 heterocycles. The normalized spacial score (nSPS) is 11.2. The first-order valence-corrected chi connectivity index (χ1v) is 15.5. The van der Waals surface area contributed by atoms with Crippen molar-refractivity contribution in [3.63, 3.8) is 0 Å². The van der Waals surface area contributed by atoms with Crippen molar-refractivity contribution in [2.45, 2.75) is 110 Å². The fraction of sp³-hybridized carbons (Fsp3) is 0.528. The first-order chi connectivity index (χ1) is 19.5. The molecule has 0 saturated carbocycles. The molecule has 3 rings (SSSR count). The number of rotatable bonds is 20. The Labute approximate surface area is 242 Å². The molecule has 0 spiro atoms. The number of fused-ring (bicyclic) bond motifs is 1. The number of furan rings is 1. The smallest absolute Gasteiger partial charge is 0.333 e. The zero-order valence-electron chi connectivity index (χ0n) is 25.2. The Morgan fingerprint density at radius 1 is 0.775 bits per heavy atom. The van der Waals surface area contributed by atoms with Crippen LogP contribution in [0.1, 0.15) is 108 Å². The number of unbranched alkanes of at least 4 members (excludes halogenated alkanes) is 11. The number of hydrogen-bond donors (Lipinski definition) is 0. The van der Waals surface area contributed by atoms with Crippen LogP contribution in [0.25, 0.3) is 22.3 Å². The van der Waals surface area contributed by atoms with Gasteiger partial charge in [-0.15, -0.1) is 0 Å². The van der Waals surface area contributed by atoms with Crippen molar-refractivity contribution in [1.29, 1.82) is 0 Å². The standard InChI is InChI=1S/C36H50O4/c1-5-6-15-18-30-21-23-32(34(26-30)38-4)35-27-31-22-20-29(25-33(31)40-35)19-16-13-11-9-7-8-10-12-14-17-24-39-36(37)28(2)3/h20-23,25-27H,2,5-19,24H2,1,3-4H3. The van der Waals surface area contributed by atoms with Crippen molar-refractivity contribution in [2.75, 3.05) is 13.7 Å². The van der Waals surface area contributed by atoms with Crippen LogP contribution in [-0.4, -0.2) is 19.7 Å². The molecule has 4 heteroatoms. The highest BCUT2D eigenvalue weighted by atomic mass is 16.5. The molecule has 0 aliphatic heterocycles. The maximum absolute atomic E-state index is 11.3. The molecule has 0 unspecified atom stereocenters. The molecule has 40 heavy (non-hydrogen) atoms. The molecule has 0 aliphatic rings. The highest BCUT2D eigenvalue weighted by molar-refractivity contribution is 5.87. The molecule has 3 aromatic rings. The average Bonchev–Trinajstić information content (AvgIpc) is 3.38. The summed E-state index contributed by atoms with van der Waals surface area (Å²) in [5.74, 6) is 1.48. The molecule has 0 bridgehead atoms. The van der Waals surface area contributed by atoms with Crippen molar-refractivity contribution in [3.05, 3.63) is 65.7 Å². The van der Waals surface area contributed by atoms with E-state index in [1.54, 1.807) is 14.0 Å². The van der Waals surface area contributed by atoms with Crippen LogP contribution in [0.2, 0.25) is 0 Å². The molecule has 0 saturated heterocycles. The fourth-order valence-corrected chi connectivity index (χ4v) is 5.17. The molecule has 0 N–H and O–H groups in total. The van der Waals surface area contributed by atoms with E-state index in [9.17, 15) is 4.79 Å². The van der Waals surface area contributed by atoms with Crippen molar-refractivity contribution in [2.24, 2.45) is 0 Å². The zero-order chi connectivity index (χ0) is 28.6. The van der Waals surface area contributed by atoms with Crippen LogP contribution >= 0.6 is 0 Å². The van der Waals surface area contributed by atoms with Crippen molar-refractivity contribution >= 4 is 16.9 Å². The van der Waals surface area contributed by atoms with Crippen molar-refractivity contribution < 1.29 is 18.7 Å². The predicted octanol–water partition coefficient (Wildman–Crippen LogP) is 10.4. The van der Waals surface area contributed by atoms with E-state index >= 15 is 0 Å². The van der Waals surface area contributed by atoms with Crippen molar-refractivity contribution in [3.8, 4) is 17.1 Å². The van der Waals surface area contributed by atoms with Gasteiger partial charge >= 0.3 is 5.97 Å². The minimum absolute atomic E-state index is 0.272. The molecule has 2 aromatic carbocycles. The van der Waals surface area contributed by atoms with Gasteiger partial charge < -0.3 is 13.9 Å². The Balaban J connectivity index is 1.33. The van der Waals surface area contributed by atoms with Gasteiger partial charge in [-0.25, -0.2) is 4.79 Å². The third-order valence-corrected chi connectivity index (χ3v) is 7.63. The molecule has 218 valence electrons. The van der Waals surface area contributed by atoms with Gasteiger partial charge in [0, 0.05) is 11.0 Å². The Hall–Kier alpha value is -3.01. The van der Waals surface area contributed by atoms with E-state index in [0.29, 0.717) is 12.2 Å². The highest BCUT2D eigenvalue weighted by Crippen LogP contribution is 2.35. The zero-order valence-corrected chi connectivity index (χ0v) is 25.2. The molecule has 0 atom stereocenters. The number of carbonyl (C=O) groups is 1. The second-order valence-corrected chi connectivity index (χ2v) is 11.2. The van der Waals surface area contributed by atoms with Gasteiger partial charge in [0.1, 0.15) is 17.1 Å². The summed E-state index contributed by atoms with van der Waals surface area (Å²) in [5.41, 5.74) is 5.12. The third kappa shape index (κ3) is 10.5. The average molecular weight is 547 g/mol. The molecule has 4 nitrogen and oxygen atoms in total. The fourth-order valence-electron chi connectivity index (χ4n) is 5.17. The maximum atomic E-state index is 11.3. The lowest BCUT2D eigenvalue weighted by atomic mass is 10.0. The summed E-state index contributed by atoms with van der Waals surface area (Å²) >= 11 is 0. The van der Waals surface area contributed by atoms with E-state index in [4.69, 9.17) is 13.9 Å². The second kappa shape index (κ2) is 17.6. The Kier molecular flexibility index (Phi) is 13.9. The number of aryl methyl sites for hydroxylation is 2. The minimum atomic E-state index is -0.272. The van der Waals surface area contributed by atoms with Gasteiger partial charge in [0.05, 0.1) is 19.3 Å². The van der Waals surface area contributed by atoms with E-state index in [1.807, 2.05) is 0 Å². The lowest BCUT2D eigenvalue weighted by Gasteiger charge is -2.09. The largest absolute Gasteiger partial charge is 0.496 e. The van der Waals surface area contributed by atoms with Gasteiger partial charge in [-0.1, -0.05) is 95.9 Å². The molecule has 1 aromatic heterocycles. The van der Waals surface area contributed by atoms with Crippen LogP contribution in [0.4, 0.5) is 0 Å². The summed E-state index contributed by atoms with van der Waals surface area (Å²) < 4.78 is 17.2. The molecule has 0 radical (unpaired) electrons. The van der Waals surface area contributed by atoms with E-state index in [1.165, 1.54) is 81.8 Å². The first kappa shape index (κ1) is 31.5. The number of methoxy groups -OCH3 is 1. The van der Waals surface area contributed by atoms with Crippen LogP contribution in [0.15, 0.2) is 59.0 Å². The Morgan fingerprint density at radius 3 is 2.02 bits per heavy atom. The summed E-state index contributed by atoms with van der Waals surface area (Å²) in [6.07, 6.45) is 18.2. The molecular formula is C36H50O4. The Morgan fingerprint density at radius 2 is 1.38 bits per heavy atom. The number of esters is 1.